The van der Waals surface area contributed by atoms with Gasteiger partial charge >= 0.3 is 0 Å². The van der Waals surface area contributed by atoms with E-state index in [4.69, 9.17) is 0 Å². The highest BCUT2D eigenvalue weighted by Gasteiger charge is 2.10. The molecule has 0 spiro atoms. The number of anilines is 3. The predicted octanol–water partition coefficient (Wildman–Crippen LogP) is 2.74. The van der Waals surface area contributed by atoms with E-state index in [9.17, 15) is 0 Å². The molecule has 0 amide bonds. The standard InChI is InChI=1S/C17H18N8/c1-13(2)23-7-9-24(10-8-23)15-4-3-14(11-19-15)22-16-17-20-12-21-25(17)6-5-18-16/h3-13H,1-2H3,(H,18,22). The number of pyridine rings is 1. The summed E-state index contributed by atoms with van der Waals surface area (Å²) >= 11 is 0. The minimum Gasteiger partial charge on any atom is -0.349 e. The van der Waals surface area contributed by atoms with Crippen molar-refractivity contribution in [1.29, 1.82) is 0 Å². The first-order valence-corrected chi connectivity index (χ1v) is 8.00. The molecule has 0 aliphatic carbocycles. The fourth-order valence-electron chi connectivity index (χ4n) is 2.49. The van der Waals surface area contributed by atoms with Crippen molar-refractivity contribution < 1.29 is 0 Å². The molecule has 3 aromatic rings. The van der Waals surface area contributed by atoms with Crippen molar-refractivity contribution in [2.75, 3.05) is 10.2 Å². The minimum atomic E-state index is 0.432. The molecule has 4 heterocycles. The SMILES string of the molecule is CC(C)N1C=CN(c2ccc(Nc3nccn4ncnc34)cn2)C=C1. The molecule has 1 aliphatic heterocycles. The smallest absolute Gasteiger partial charge is 0.198 e. The highest BCUT2D eigenvalue weighted by Crippen LogP contribution is 2.21. The Kier molecular flexibility index (Phi) is 3.77. The normalized spacial score (nSPS) is 13.9. The van der Waals surface area contributed by atoms with Crippen LogP contribution in [0.2, 0.25) is 0 Å². The average Bonchev–Trinajstić information content (AvgIpc) is 3.12. The topological polar surface area (TPSA) is 74.5 Å². The molecule has 1 N–H and O–H groups in total. The summed E-state index contributed by atoms with van der Waals surface area (Å²) in [5.41, 5.74) is 1.50. The van der Waals surface area contributed by atoms with Crippen LogP contribution in [0.1, 0.15) is 13.8 Å². The Bertz CT molecular complexity index is 911. The molecular weight excluding hydrogens is 316 g/mol. The Morgan fingerprint density at radius 3 is 2.56 bits per heavy atom. The number of rotatable bonds is 4. The maximum absolute atomic E-state index is 4.51. The lowest BCUT2D eigenvalue weighted by Crippen LogP contribution is -2.25. The largest absolute Gasteiger partial charge is 0.349 e. The van der Waals surface area contributed by atoms with Crippen LogP contribution in [0.3, 0.4) is 0 Å². The van der Waals surface area contributed by atoms with E-state index in [-0.39, 0.29) is 0 Å². The molecule has 0 saturated heterocycles. The summed E-state index contributed by atoms with van der Waals surface area (Å²) in [6.45, 7) is 4.29. The maximum atomic E-state index is 4.51. The van der Waals surface area contributed by atoms with Gasteiger partial charge in [-0.2, -0.15) is 5.10 Å². The summed E-state index contributed by atoms with van der Waals surface area (Å²) in [6, 6.07) is 4.34. The predicted molar refractivity (Wildman–Crippen MR) is 96.0 cm³/mol. The van der Waals surface area contributed by atoms with Crippen molar-refractivity contribution in [3.05, 3.63) is 61.9 Å². The molecule has 0 bridgehead atoms. The van der Waals surface area contributed by atoms with Gasteiger partial charge < -0.3 is 15.1 Å². The van der Waals surface area contributed by atoms with Gasteiger partial charge in [0.25, 0.3) is 0 Å². The fourth-order valence-corrected chi connectivity index (χ4v) is 2.49. The quantitative estimate of drug-likeness (QED) is 0.786. The van der Waals surface area contributed by atoms with Gasteiger partial charge in [-0.15, -0.1) is 0 Å². The van der Waals surface area contributed by atoms with Gasteiger partial charge in [-0.3, -0.25) is 0 Å². The third kappa shape index (κ3) is 3.01. The Morgan fingerprint density at radius 2 is 1.84 bits per heavy atom. The van der Waals surface area contributed by atoms with Crippen molar-refractivity contribution in [3.8, 4) is 0 Å². The molecule has 126 valence electrons. The maximum Gasteiger partial charge on any atom is 0.198 e. The second-order valence-electron chi connectivity index (χ2n) is 5.88. The number of nitrogens with zero attached hydrogens (tertiary/aromatic N) is 7. The molecule has 0 fully saturated rings. The first-order valence-electron chi connectivity index (χ1n) is 8.00. The zero-order chi connectivity index (χ0) is 17.2. The molecule has 4 rings (SSSR count). The molecule has 0 radical (unpaired) electrons. The molecule has 8 heteroatoms. The Balaban J connectivity index is 1.50. The number of nitrogens with one attached hydrogen (secondary N) is 1. The zero-order valence-corrected chi connectivity index (χ0v) is 14.0. The molecule has 1 aliphatic rings. The molecule has 0 aromatic carbocycles. The van der Waals surface area contributed by atoms with Crippen molar-refractivity contribution in [3.63, 3.8) is 0 Å². The van der Waals surface area contributed by atoms with E-state index < -0.39 is 0 Å². The van der Waals surface area contributed by atoms with E-state index in [2.05, 4.69) is 44.1 Å². The van der Waals surface area contributed by atoms with Crippen LogP contribution in [0.5, 0.6) is 0 Å². The van der Waals surface area contributed by atoms with Crippen LogP contribution < -0.4 is 10.2 Å². The fraction of sp³-hybridized carbons (Fsp3) is 0.176. The lowest BCUT2D eigenvalue weighted by Gasteiger charge is -2.27. The van der Waals surface area contributed by atoms with Crippen LogP contribution >= 0.6 is 0 Å². The number of hydrogen-bond acceptors (Lipinski definition) is 7. The Hall–Kier alpha value is -3.42. The van der Waals surface area contributed by atoms with Gasteiger partial charge in [-0.1, -0.05) is 0 Å². The van der Waals surface area contributed by atoms with Crippen LogP contribution in [0.4, 0.5) is 17.3 Å². The lowest BCUT2D eigenvalue weighted by molar-refractivity contribution is 0.411. The van der Waals surface area contributed by atoms with Crippen LogP contribution in [0.25, 0.3) is 5.65 Å². The summed E-state index contributed by atoms with van der Waals surface area (Å²) in [5.74, 6) is 1.48. The minimum absolute atomic E-state index is 0.432. The van der Waals surface area contributed by atoms with E-state index in [0.717, 1.165) is 11.5 Å². The third-order valence-corrected chi connectivity index (χ3v) is 3.87. The molecule has 8 nitrogen and oxygen atoms in total. The third-order valence-electron chi connectivity index (χ3n) is 3.87. The van der Waals surface area contributed by atoms with Gasteiger partial charge in [-0.05, 0) is 26.0 Å². The summed E-state index contributed by atoms with van der Waals surface area (Å²) in [7, 11) is 0. The van der Waals surface area contributed by atoms with Crippen molar-refractivity contribution in [2.45, 2.75) is 19.9 Å². The van der Waals surface area contributed by atoms with E-state index in [1.54, 1.807) is 23.1 Å². The zero-order valence-electron chi connectivity index (χ0n) is 14.0. The van der Waals surface area contributed by atoms with Crippen LogP contribution in [0.15, 0.2) is 61.9 Å². The van der Waals surface area contributed by atoms with Crippen molar-refractivity contribution in [1.82, 2.24) is 29.5 Å². The number of aromatic nitrogens is 5. The first-order chi connectivity index (χ1) is 12.2. The molecular formula is C17H18N8. The summed E-state index contributed by atoms with van der Waals surface area (Å²) in [4.78, 5) is 17.1. The molecule has 0 unspecified atom stereocenters. The van der Waals surface area contributed by atoms with Gasteiger partial charge in [0.1, 0.15) is 12.1 Å². The lowest BCUT2D eigenvalue weighted by atomic mass is 10.3. The number of hydrogen-bond donors (Lipinski definition) is 1. The van der Waals surface area contributed by atoms with E-state index in [1.807, 2.05) is 41.8 Å². The van der Waals surface area contributed by atoms with Gasteiger partial charge in [0.2, 0.25) is 0 Å². The summed E-state index contributed by atoms with van der Waals surface area (Å²) in [5, 5.41) is 7.32. The summed E-state index contributed by atoms with van der Waals surface area (Å²) in [6.07, 6.45) is 14.8. The highest BCUT2D eigenvalue weighted by molar-refractivity contribution is 5.69. The second-order valence-corrected chi connectivity index (χ2v) is 5.88. The van der Waals surface area contributed by atoms with E-state index in [1.165, 1.54) is 6.33 Å². The average molecular weight is 334 g/mol. The van der Waals surface area contributed by atoms with Crippen molar-refractivity contribution >= 4 is 23.0 Å². The van der Waals surface area contributed by atoms with E-state index >= 15 is 0 Å². The van der Waals surface area contributed by atoms with Crippen LogP contribution in [0, 0.1) is 0 Å². The van der Waals surface area contributed by atoms with Crippen molar-refractivity contribution in [2.24, 2.45) is 0 Å². The number of fused-ring (bicyclic) bond motifs is 1. The second kappa shape index (κ2) is 6.23. The summed E-state index contributed by atoms with van der Waals surface area (Å²) < 4.78 is 1.67. The highest BCUT2D eigenvalue weighted by atomic mass is 15.3. The Morgan fingerprint density at radius 1 is 1.00 bits per heavy atom. The molecule has 0 atom stereocenters. The van der Waals surface area contributed by atoms with Crippen LogP contribution in [-0.2, 0) is 0 Å². The Labute approximate surface area is 145 Å². The molecule has 0 saturated carbocycles. The van der Waals surface area contributed by atoms with Gasteiger partial charge in [0.15, 0.2) is 11.5 Å². The molecule has 3 aromatic heterocycles. The first kappa shape index (κ1) is 15.1. The monoisotopic (exact) mass is 334 g/mol. The molecule has 25 heavy (non-hydrogen) atoms. The van der Waals surface area contributed by atoms with E-state index in [0.29, 0.717) is 17.5 Å². The van der Waals surface area contributed by atoms with Gasteiger partial charge in [0, 0.05) is 43.2 Å². The van der Waals surface area contributed by atoms with Crippen LogP contribution in [-0.4, -0.2) is 35.5 Å². The van der Waals surface area contributed by atoms with Gasteiger partial charge in [0.05, 0.1) is 11.9 Å². The van der Waals surface area contributed by atoms with Gasteiger partial charge in [-0.25, -0.2) is 19.5 Å².